The highest BCUT2D eigenvalue weighted by molar-refractivity contribution is 9.72. The molecule has 0 heterocycles. The second-order valence-corrected chi connectivity index (χ2v) is 28.0. The van der Waals surface area contributed by atoms with Gasteiger partial charge in [0, 0.05) is 13.0 Å². The van der Waals surface area contributed by atoms with Gasteiger partial charge in [-0.3, -0.25) is 0 Å². The minimum absolute atomic E-state index is 0.218. The molecule has 20 heavy (non-hydrogen) atoms. The van der Waals surface area contributed by atoms with Gasteiger partial charge in [0.05, 0.1) is 0 Å². The van der Waals surface area contributed by atoms with Crippen LogP contribution in [0.15, 0.2) is 23.8 Å². The standard InChI is InChI=1S/C15H23Br3OSi/c1-2-11-19-15(20(16,17)18)10-6-9-14(12-15)13-7-4-3-5-8-13/h6,9-10,13H,2-5,7-8,11-12H2,1H3. The van der Waals surface area contributed by atoms with Crippen LogP contribution in [0.4, 0.5) is 0 Å². The summed E-state index contributed by atoms with van der Waals surface area (Å²) < 4.78 is 4.34. The van der Waals surface area contributed by atoms with Crippen LogP contribution in [0.5, 0.6) is 0 Å². The molecule has 0 N–H and O–H groups in total. The SMILES string of the molecule is CCCOC1([Si](Br)(Br)Br)C=CC=C(C2CCCCC2)C1. The monoisotopic (exact) mass is 484 g/mol. The predicted molar refractivity (Wildman–Crippen MR) is 99.9 cm³/mol. The second-order valence-electron chi connectivity index (χ2n) is 5.85. The summed E-state index contributed by atoms with van der Waals surface area (Å²) >= 11 is 11.5. The summed E-state index contributed by atoms with van der Waals surface area (Å²) in [6.45, 7) is 2.97. The largest absolute Gasteiger partial charge is 0.371 e. The average Bonchev–Trinajstić information content (AvgIpc) is 2.45. The fourth-order valence-corrected chi connectivity index (χ4v) is 7.60. The van der Waals surface area contributed by atoms with Crippen molar-refractivity contribution in [2.24, 2.45) is 5.92 Å². The highest BCUT2D eigenvalue weighted by Gasteiger charge is 2.50. The Balaban J connectivity index is 2.15. The molecule has 0 aromatic rings. The maximum Gasteiger partial charge on any atom is 0.302 e. The van der Waals surface area contributed by atoms with Crippen LogP contribution in [-0.2, 0) is 4.74 Å². The zero-order chi connectivity index (χ0) is 14.6. The van der Waals surface area contributed by atoms with Crippen molar-refractivity contribution in [1.82, 2.24) is 0 Å². The van der Waals surface area contributed by atoms with E-state index in [4.69, 9.17) is 4.74 Å². The van der Waals surface area contributed by atoms with Gasteiger partial charge in [0.2, 0.25) is 0 Å². The fraction of sp³-hybridized carbons (Fsp3) is 0.733. The van der Waals surface area contributed by atoms with E-state index in [1.807, 2.05) is 0 Å². The average molecular weight is 487 g/mol. The zero-order valence-corrected chi connectivity index (χ0v) is 17.8. The quantitative estimate of drug-likeness (QED) is 0.328. The summed E-state index contributed by atoms with van der Waals surface area (Å²) in [4.78, 5) is 0. The normalized spacial score (nSPS) is 28.5. The Morgan fingerprint density at radius 3 is 2.55 bits per heavy atom. The van der Waals surface area contributed by atoms with Crippen LogP contribution in [-0.4, -0.2) is 15.8 Å². The van der Waals surface area contributed by atoms with Crippen molar-refractivity contribution in [1.29, 1.82) is 0 Å². The summed E-state index contributed by atoms with van der Waals surface area (Å²) in [6, 6.07) is 0. The van der Waals surface area contributed by atoms with Gasteiger partial charge in [0.15, 0.2) is 0 Å². The van der Waals surface area contributed by atoms with Gasteiger partial charge >= 0.3 is 3.93 Å². The van der Waals surface area contributed by atoms with Crippen LogP contribution in [0.25, 0.3) is 0 Å². The molecule has 1 unspecified atom stereocenters. The summed E-state index contributed by atoms with van der Waals surface area (Å²) in [7, 11) is 0. The van der Waals surface area contributed by atoms with Gasteiger partial charge in [0.1, 0.15) is 5.22 Å². The Morgan fingerprint density at radius 1 is 1.25 bits per heavy atom. The van der Waals surface area contributed by atoms with Gasteiger partial charge in [-0.05, 0) is 25.2 Å². The molecule has 1 atom stereocenters. The molecule has 2 aliphatic carbocycles. The molecule has 0 aromatic carbocycles. The van der Waals surface area contributed by atoms with Crippen molar-refractivity contribution in [2.45, 2.75) is 57.1 Å². The van der Waals surface area contributed by atoms with E-state index in [0.29, 0.717) is 0 Å². The first-order valence-corrected chi connectivity index (χ1v) is 16.3. The smallest absolute Gasteiger partial charge is 0.302 e. The van der Waals surface area contributed by atoms with Crippen molar-refractivity contribution in [3.63, 3.8) is 0 Å². The molecule has 5 heteroatoms. The minimum atomic E-state index is -1.96. The molecular weight excluding hydrogens is 464 g/mol. The maximum atomic E-state index is 6.30. The fourth-order valence-electron chi connectivity index (χ4n) is 3.16. The van der Waals surface area contributed by atoms with E-state index in [-0.39, 0.29) is 5.22 Å². The van der Waals surface area contributed by atoms with Crippen molar-refractivity contribution in [2.75, 3.05) is 6.61 Å². The van der Waals surface area contributed by atoms with Gasteiger partial charge in [-0.1, -0.05) is 95.9 Å². The summed E-state index contributed by atoms with van der Waals surface area (Å²) in [5, 5.41) is -0.218. The highest BCUT2D eigenvalue weighted by atomic mass is 80.0. The van der Waals surface area contributed by atoms with Gasteiger partial charge in [0.25, 0.3) is 0 Å². The third-order valence-corrected chi connectivity index (χ3v) is 11.8. The molecule has 2 rings (SSSR count). The van der Waals surface area contributed by atoms with Crippen LogP contribution >= 0.6 is 45.9 Å². The first-order valence-electron chi connectivity index (χ1n) is 7.57. The van der Waals surface area contributed by atoms with E-state index in [0.717, 1.165) is 25.4 Å². The molecule has 2 aliphatic rings. The topological polar surface area (TPSA) is 9.23 Å². The van der Waals surface area contributed by atoms with Gasteiger partial charge in [-0.25, -0.2) is 0 Å². The molecule has 1 nitrogen and oxygen atoms in total. The maximum absolute atomic E-state index is 6.30. The molecule has 0 aromatic heterocycles. The van der Waals surface area contributed by atoms with Crippen LogP contribution < -0.4 is 0 Å². The summed E-state index contributed by atoms with van der Waals surface area (Å²) in [5.41, 5.74) is 1.58. The Labute approximate surface area is 147 Å². The molecular formula is C15H23Br3OSi. The number of ether oxygens (including phenoxy) is 1. The van der Waals surface area contributed by atoms with E-state index in [1.165, 1.54) is 32.1 Å². The molecule has 114 valence electrons. The van der Waals surface area contributed by atoms with Gasteiger partial charge in [-0.2, -0.15) is 0 Å². The third-order valence-electron chi connectivity index (χ3n) is 4.32. The second kappa shape index (κ2) is 7.58. The lowest BCUT2D eigenvalue weighted by Gasteiger charge is -2.41. The number of hydrogen-bond acceptors (Lipinski definition) is 1. The lowest BCUT2D eigenvalue weighted by molar-refractivity contribution is 0.0484. The lowest BCUT2D eigenvalue weighted by Crippen LogP contribution is -2.48. The first-order chi connectivity index (χ1) is 9.48. The number of halogens is 3. The van der Waals surface area contributed by atoms with Crippen molar-refractivity contribution < 1.29 is 4.74 Å². The number of hydrogen-bond donors (Lipinski definition) is 0. The van der Waals surface area contributed by atoms with Gasteiger partial charge < -0.3 is 4.74 Å². The molecule has 0 saturated heterocycles. The summed E-state index contributed by atoms with van der Waals surface area (Å²) in [5.74, 6) is 0.766. The highest BCUT2D eigenvalue weighted by Crippen LogP contribution is 2.48. The Kier molecular flexibility index (Phi) is 6.61. The zero-order valence-electron chi connectivity index (χ0n) is 12.0. The van der Waals surface area contributed by atoms with E-state index in [2.05, 4.69) is 71.0 Å². The van der Waals surface area contributed by atoms with Crippen LogP contribution in [0, 0.1) is 5.92 Å². The van der Waals surface area contributed by atoms with E-state index in [9.17, 15) is 0 Å². The van der Waals surface area contributed by atoms with Gasteiger partial charge in [-0.15, -0.1) is 0 Å². The molecule has 0 spiro atoms. The van der Waals surface area contributed by atoms with Crippen molar-refractivity contribution >= 4 is 49.8 Å². The molecule has 0 radical (unpaired) electrons. The van der Waals surface area contributed by atoms with Crippen LogP contribution in [0.3, 0.4) is 0 Å². The van der Waals surface area contributed by atoms with E-state index >= 15 is 0 Å². The summed E-state index contributed by atoms with van der Waals surface area (Å²) in [6.07, 6.45) is 15.7. The Hall–Kier alpha value is 1.10. The Bertz CT molecular complexity index is 383. The number of allylic oxidation sites excluding steroid dienone is 2. The molecule has 1 fully saturated rings. The molecule has 0 amide bonds. The minimum Gasteiger partial charge on any atom is -0.371 e. The van der Waals surface area contributed by atoms with E-state index < -0.39 is 3.93 Å². The predicted octanol–water partition coefficient (Wildman–Crippen LogP) is 6.28. The van der Waals surface area contributed by atoms with Crippen LogP contribution in [0.1, 0.15) is 51.9 Å². The third kappa shape index (κ3) is 4.09. The molecule has 0 bridgehead atoms. The van der Waals surface area contributed by atoms with Crippen LogP contribution in [0.2, 0.25) is 0 Å². The van der Waals surface area contributed by atoms with Crippen molar-refractivity contribution in [3.8, 4) is 0 Å². The molecule has 1 saturated carbocycles. The molecule has 0 aliphatic heterocycles. The lowest BCUT2D eigenvalue weighted by atomic mass is 9.80. The van der Waals surface area contributed by atoms with E-state index in [1.54, 1.807) is 5.57 Å². The Morgan fingerprint density at radius 2 is 1.95 bits per heavy atom. The van der Waals surface area contributed by atoms with Crippen molar-refractivity contribution in [3.05, 3.63) is 23.8 Å². The first kappa shape index (κ1) is 17.5. The number of rotatable bonds is 5.